The lowest BCUT2D eigenvalue weighted by Crippen LogP contribution is -2.23. The van der Waals surface area contributed by atoms with Crippen molar-refractivity contribution in [2.75, 3.05) is 0 Å². The number of aliphatic hydroxyl groups excluding tert-OH is 1. The monoisotopic (exact) mass is 291 g/mol. The van der Waals surface area contributed by atoms with Gasteiger partial charge in [-0.1, -0.05) is 54.6 Å². The third-order valence-corrected chi connectivity index (χ3v) is 3.68. The highest BCUT2D eigenvalue weighted by molar-refractivity contribution is 5.82. The lowest BCUT2D eigenvalue weighted by atomic mass is 9.95. The zero-order valence-electron chi connectivity index (χ0n) is 12.3. The van der Waals surface area contributed by atoms with Crippen LogP contribution in [0.15, 0.2) is 77.7 Å². The van der Waals surface area contributed by atoms with Crippen LogP contribution in [0.1, 0.15) is 13.2 Å². The second-order valence-corrected chi connectivity index (χ2v) is 5.18. The summed E-state index contributed by atoms with van der Waals surface area (Å²) in [6.45, 7) is 1.58. The molecule has 22 heavy (non-hydrogen) atoms. The Kier molecular flexibility index (Phi) is 3.90. The van der Waals surface area contributed by atoms with E-state index in [1.54, 1.807) is 25.3 Å². The van der Waals surface area contributed by atoms with Gasteiger partial charge in [0.25, 0.3) is 5.56 Å². The van der Waals surface area contributed by atoms with Gasteiger partial charge in [0.05, 0.1) is 0 Å². The molecule has 110 valence electrons. The van der Waals surface area contributed by atoms with E-state index in [4.69, 9.17) is 0 Å². The number of aromatic nitrogens is 1. The van der Waals surface area contributed by atoms with E-state index < -0.39 is 6.23 Å². The normalized spacial score (nSPS) is 12.1. The van der Waals surface area contributed by atoms with Crippen LogP contribution in [0.2, 0.25) is 0 Å². The van der Waals surface area contributed by atoms with Crippen LogP contribution in [0.4, 0.5) is 0 Å². The lowest BCUT2D eigenvalue weighted by molar-refractivity contribution is 0.121. The number of benzene rings is 2. The first-order valence-electron chi connectivity index (χ1n) is 7.22. The van der Waals surface area contributed by atoms with Crippen LogP contribution < -0.4 is 5.56 Å². The van der Waals surface area contributed by atoms with Gasteiger partial charge in [-0.05, 0) is 35.7 Å². The molecule has 0 amide bonds. The molecule has 0 fully saturated rings. The van der Waals surface area contributed by atoms with Gasteiger partial charge in [-0.15, -0.1) is 0 Å². The first-order valence-corrected chi connectivity index (χ1v) is 7.22. The van der Waals surface area contributed by atoms with Gasteiger partial charge < -0.3 is 5.11 Å². The minimum atomic E-state index is -0.851. The molecule has 3 heteroatoms. The number of nitrogens with zero attached hydrogens (tertiary/aromatic N) is 1. The van der Waals surface area contributed by atoms with Gasteiger partial charge in [-0.2, -0.15) is 0 Å². The minimum Gasteiger partial charge on any atom is -0.373 e. The molecule has 0 saturated carbocycles. The molecular weight excluding hydrogens is 274 g/mol. The Morgan fingerprint density at radius 2 is 1.41 bits per heavy atom. The largest absolute Gasteiger partial charge is 0.373 e. The van der Waals surface area contributed by atoms with Crippen LogP contribution in [0.25, 0.3) is 22.3 Å². The summed E-state index contributed by atoms with van der Waals surface area (Å²) in [6.07, 6.45) is 0.748. The van der Waals surface area contributed by atoms with Gasteiger partial charge >= 0.3 is 0 Å². The molecular formula is C19H17NO2. The van der Waals surface area contributed by atoms with Crippen LogP contribution in [-0.2, 0) is 0 Å². The lowest BCUT2D eigenvalue weighted by Gasteiger charge is -2.13. The van der Waals surface area contributed by atoms with Crippen molar-refractivity contribution in [3.8, 4) is 22.3 Å². The van der Waals surface area contributed by atoms with Crippen LogP contribution >= 0.6 is 0 Å². The standard InChI is InChI=1S/C19H17NO2/c1-14(21)20-13-7-12-18(19(20)22)17-11-6-5-10-16(17)15-8-3-2-4-9-15/h2-14,21H,1H3. The summed E-state index contributed by atoms with van der Waals surface area (Å²) in [5.74, 6) is 0. The number of aliphatic hydroxyl groups is 1. The zero-order valence-corrected chi connectivity index (χ0v) is 12.3. The molecule has 1 heterocycles. The second-order valence-electron chi connectivity index (χ2n) is 5.18. The van der Waals surface area contributed by atoms with Crippen molar-refractivity contribution >= 4 is 0 Å². The summed E-state index contributed by atoms with van der Waals surface area (Å²) in [4.78, 5) is 12.6. The number of hydrogen-bond acceptors (Lipinski definition) is 2. The first kappa shape index (κ1) is 14.3. The zero-order chi connectivity index (χ0) is 15.5. The number of hydrogen-bond donors (Lipinski definition) is 1. The molecule has 0 bridgehead atoms. The van der Waals surface area contributed by atoms with Gasteiger partial charge in [0.15, 0.2) is 0 Å². The quantitative estimate of drug-likeness (QED) is 0.799. The Morgan fingerprint density at radius 1 is 0.818 bits per heavy atom. The molecule has 1 atom stereocenters. The minimum absolute atomic E-state index is 0.194. The fourth-order valence-corrected chi connectivity index (χ4v) is 2.60. The topological polar surface area (TPSA) is 42.2 Å². The van der Waals surface area contributed by atoms with Gasteiger partial charge in [-0.25, -0.2) is 0 Å². The van der Waals surface area contributed by atoms with Crippen molar-refractivity contribution < 1.29 is 5.11 Å². The molecule has 3 rings (SSSR count). The fourth-order valence-electron chi connectivity index (χ4n) is 2.60. The Bertz CT molecular complexity index is 835. The SMILES string of the molecule is CC(O)n1cccc(-c2ccccc2-c2ccccc2)c1=O. The van der Waals surface area contributed by atoms with Gasteiger partial charge in [0.1, 0.15) is 6.23 Å². The Morgan fingerprint density at radius 3 is 2.09 bits per heavy atom. The van der Waals surface area contributed by atoms with E-state index in [0.717, 1.165) is 16.7 Å². The summed E-state index contributed by atoms with van der Waals surface area (Å²) in [5.41, 5.74) is 3.32. The fraction of sp³-hybridized carbons (Fsp3) is 0.105. The molecule has 0 spiro atoms. The van der Waals surface area contributed by atoms with Gasteiger partial charge in [0, 0.05) is 11.8 Å². The molecule has 3 nitrogen and oxygen atoms in total. The molecule has 1 aromatic heterocycles. The van der Waals surface area contributed by atoms with Crippen molar-refractivity contribution in [2.24, 2.45) is 0 Å². The van der Waals surface area contributed by atoms with Crippen molar-refractivity contribution in [3.05, 3.63) is 83.3 Å². The number of rotatable bonds is 3. The van der Waals surface area contributed by atoms with E-state index in [-0.39, 0.29) is 5.56 Å². The molecule has 2 aromatic carbocycles. The summed E-state index contributed by atoms with van der Waals surface area (Å²) >= 11 is 0. The third-order valence-electron chi connectivity index (χ3n) is 3.68. The van der Waals surface area contributed by atoms with E-state index in [0.29, 0.717) is 5.56 Å². The molecule has 1 N–H and O–H groups in total. The predicted molar refractivity (Wildman–Crippen MR) is 88.5 cm³/mol. The predicted octanol–water partition coefficient (Wildman–Crippen LogP) is 3.69. The molecule has 0 aliphatic heterocycles. The molecule has 0 aliphatic carbocycles. The molecule has 0 radical (unpaired) electrons. The number of pyridine rings is 1. The van der Waals surface area contributed by atoms with Crippen LogP contribution in [0.3, 0.4) is 0 Å². The van der Waals surface area contributed by atoms with E-state index in [1.807, 2.05) is 54.6 Å². The summed E-state index contributed by atoms with van der Waals surface area (Å²) in [6, 6.07) is 21.4. The van der Waals surface area contributed by atoms with E-state index >= 15 is 0 Å². The van der Waals surface area contributed by atoms with Crippen molar-refractivity contribution in [1.29, 1.82) is 0 Å². The maximum absolute atomic E-state index is 12.6. The highest BCUT2D eigenvalue weighted by atomic mass is 16.3. The van der Waals surface area contributed by atoms with E-state index in [2.05, 4.69) is 0 Å². The Labute approximate surface area is 129 Å². The van der Waals surface area contributed by atoms with E-state index in [9.17, 15) is 9.90 Å². The second kappa shape index (κ2) is 6.00. The maximum Gasteiger partial charge on any atom is 0.260 e. The highest BCUT2D eigenvalue weighted by Crippen LogP contribution is 2.30. The van der Waals surface area contributed by atoms with Crippen molar-refractivity contribution in [3.63, 3.8) is 0 Å². The maximum atomic E-state index is 12.6. The molecule has 1 unspecified atom stereocenters. The summed E-state index contributed by atoms with van der Waals surface area (Å²) < 4.78 is 1.33. The average molecular weight is 291 g/mol. The smallest absolute Gasteiger partial charge is 0.260 e. The van der Waals surface area contributed by atoms with Crippen molar-refractivity contribution in [2.45, 2.75) is 13.2 Å². The van der Waals surface area contributed by atoms with E-state index in [1.165, 1.54) is 4.57 Å². The van der Waals surface area contributed by atoms with Gasteiger partial charge in [0.2, 0.25) is 0 Å². The summed E-state index contributed by atoms with van der Waals surface area (Å²) in [5, 5.41) is 9.73. The third kappa shape index (κ3) is 2.59. The van der Waals surface area contributed by atoms with Crippen LogP contribution in [0.5, 0.6) is 0 Å². The molecule has 3 aromatic rings. The van der Waals surface area contributed by atoms with Gasteiger partial charge in [-0.3, -0.25) is 9.36 Å². The average Bonchev–Trinajstić information content (AvgIpc) is 2.56. The Hall–Kier alpha value is -2.65. The highest BCUT2D eigenvalue weighted by Gasteiger charge is 2.12. The van der Waals surface area contributed by atoms with Crippen LogP contribution in [0, 0.1) is 0 Å². The first-order chi connectivity index (χ1) is 10.7. The van der Waals surface area contributed by atoms with Crippen LogP contribution in [-0.4, -0.2) is 9.67 Å². The molecule has 0 saturated heterocycles. The molecule has 0 aliphatic rings. The Balaban J connectivity index is 2.23. The summed E-state index contributed by atoms with van der Waals surface area (Å²) in [7, 11) is 0. The van der Waals surface area contributed by atoms with Crippen molar-refractivity contribution in [1.82, 2.24) is 4.57 Å².